The van der Waals surface area contributed by atoms with Crippen LogP contribution in [0.3, 0.4) is 0 Å². The van der Waals surface area contributed by atoms with Gasteiger partial charge < -0.3 is 4.90 Å². The lowest BCUT2D eigenvalue weighted by Gasteiger charge is -2.20. The highest BCUT2D eigenvalue weighted by Crippen LogP contribution is 2.35. The topological polar surface area (TPSA) is 63.4 Å². The van der Waals surface area contributed by atoms with Crippen LogP contribution in [-0.4, -0.2) is 15.0 Å². The van der Waals surface area contributed by atoms with E-state index in [1.54, 1.807) is 12.1 Å². The van der Waals surface area contributed by atoms with Crippen molar-refractivity contribution in [2.45, 2.75) is 17.9 Å². The third kappa shape index (κ3) is 2.90. The van der Waals surface area contributed by atoms with E-state index in [4.69, 9.17) is 16.7 Å². The van der Waals surface area contributed by atoms with Crippen molar-refractivity contribution in [1.82, 2.24) is 0 Å². The first-order chi connectivity index (χ1) is 9.95. The molecular weight excluding hydrogens is 308 g/mol. The molecule has 0 atom stereocenters. The molecule has 2 aromatic carbocycles. The lowest BCUT2D eigenvalue weighted by atomic mass is 10.1. The Hall–Kier alpha value is -1.56. The van der Waals surface area contributed by atoms with E-state index in [1.165, 1.54) is 5.56 Å². The molecule has 1 aliphatic heterocycles. The van der Waals surface area contributed by atoms with Crippen molar-refractivity contribution in [3.05, 3.63) is 58.6 Å². The summed E-state index contributed by atoms with van der Waals surface area (Å²) < 4.78 is 23.0. The van der Waals surface area contributed by atoms with Crippen LogP contribution < -0.4 is 10.0 Å². The van der Waals surface area contributed by atoms with E-state index in [0.29, 0.717) is 0 Å². The van der Waals surface area contributed by atoms with Crippen LogP contribution >= 0.6 is 11.6 Å². The van der Waals surface area contributed by atoms with E-state index in [1.807, 2.05) is 18.2 Å². The number of fused-ring (bicyclic) bond motifs is 1. The molecular formula is C15H15ClN2O2S. The zero-order valence-corrected chi connectivity index (χ0v) is 12.9. The molecule has 0 saturated heterocycles. The van der Waals surface area contributed by atoms with Gasteiger partial charge in [-0.05, 0) is 29.7 Å². The average Bonchev–Trinajstić information content (AvgIpc) is 2.80. The summed E-state index contributed by atoms with van der Waals surface area (Å²) in [6.07, 6.45) is 0.794. The number of nitrogens with two attached hydrogens (primary N) is 1. The predicted molar refractivity (Wildman–Crippen MR) is 84.0 cm³/mol. The smallest absolute Gasteiger partial charge is 0.239 e. The zero-order chi connectivity index (χ0) is 15.0. The Kier molecular flexibility index (Phi) is 3.65. The monoisotopic (exact) mass is 322 g/mol. The van der Waals surface area contributed by atoms with E-state index in [0.717, 1.165) is 30.8 Å². The Morgan fingerprint density at radius 1 is 1.19 bits per heavy atom. The minimum Gasteiger partial charge on any atom is -0.367 e. The largest absolute Gasteiger partial charge is 0.367 e. The van der Waals surface area contributed by atoms with Crippen molar-refractivity contribution in [3.8, 4) is 0 Å². The summed E-state index contributed by atoms with van der Waals surface area (Å²) in [5, 5.41) is 5.36. The number of hydrogen-bond acceptors (Lipinski definition) is 3. The number of nitrogens with zero attached hydrogens (tertiary/aromatic N) is 1. The van der Waals surface area contributed by atoms with Gasteiger partial charge in [0.15, 0.2) is 0 Å². The maximum atomic E-state index is 11.5. The van der Waals surface area contributed by atoms with Crippen LogP contribution in [-0.2, 0) is 23.0 Å². The van der Waals surface area contributed by atoms with Gasteiger partial charge in [0.1, 0.15) is 4.90 Å². The summed E-state index contributed by atoms with van der Waals surface area (Å²) in [7, 11) is -3.78. The second kappa shape index (κ2) is 5.33. The van der Waals surface area contributed by atoms with E-state index in [-0.39, 0.29) is 9.92 Å². The number of anilines is 1. The summed E-state index contributed by atoms with van der Waals surface area (Å²) in [5.41, 5.74) is 3.16. The molecule has 0 amide bonds. The number of benzene rings is 2. The van der Waals surface area contributed by atoms with Crippen molar-refractivity contribution in [1.29, 1.82) is 0 Å². The normalized spacial score (nSPS) is 14.3. The fourth-order valence-electron chi connectivity index (χ4n) is 2.64. The van der Waals surface area contributed by atoms with Gasteiger partial charge in [-0.2, -0.15) is 0 Å². The van der Waals surface area contributed by atoms with E-state index >= 15 is 0 Å². The summed E-state index contributed by atoms with van der Waals surface area (Å²) >= 11 is 6.08. The molecule has 0 fully saturated rings. The lowest BCUT2D eigenvalue weighted by molar-refractivity contribution is 0.598. The van der Waals surface area contributed by atoms with E-state index < -0.39 is 10.0 Å². The molecule has 0 spiro atoms. The molecule has 0 unspecified atom stereocenters. The molecule has 0 aromatic heterocycles. The summed E-state index contributed by atoms with van der Waals surface area (Å²) in [4.78, 5) is 2.20. The van der Waals surface area contributed by atoms with Gasteiger partial charge in [0.25, 0.3) is 0 Å². The SMILES string of the molecule is NS(=O)(=O)c1cc2c(cc1Cl)N(Cc1ccccc1)CC2. The number of halogens is 1. The fourth-order valence-corrected chi connectivity index (χ4v) is 3.76. The molecule has 1 aliphatic rings. The third-order valence-corrected chi connectivity index (χ3v) is 5.02. The molecule has 3 rings (SSSR count). The first kappa shape index (κ1) is 14.4. The molecule has 0 bridgehead atoms. The van der Waals surface area contributed by atoms with Gasteiger partial charge in [0.05, 0.1) is 5.02 Å². The Morgan fingerprint density at radius 2 is 1.90 bits per heavy atom. The number of rotatable bonds is 3. The minimum absolute atomic E-state index is 0.00415. The molecule has 4 nitrogen and oxygen atoms in total. The fraction of sp³-hybridized carbons (Fsp3) is 0.200. The van der Waals surface area contributed by atoms with E-state index in [9.17, 15) is 8.42 Å². The van der Waals surface area contributed by atoms with Gasteiger partial charge in [-0.3, -0.25) is 0 Å². The number of sulfonamides is 1. The van der Waals surface area contributed by atoms with Gasteiger partial charge in [-0.25, -0.2) is 13.6 Å². The van der Waals surface area contributed by atoms with E-state index in [2.05, 4.69) is 17.0 Å². The van der Waals surface area contributed by atoms with Crippen LogP contribution in [0.2, 0.25) is 5.02 Å². The van der Waals surface area contributed by atoms with Crippen LogP contribution in [0.1, 0.15) is 11.1 Å². The minimum atomic E-state index is -3.78. The highest BCUT2D eigenvalue weighted by atomic mass is 35.5. The molecule has 21 heavy (non-hydrogen) atoms. The van der Waals surface area contributed by atoms with Gasteiger partial charge in [0.2, 0.25) is 10.0 Å². The van der Waals surface area contributed by atoms with Gasteiger partial charge >= 0.3 is 0 Å². The maximum absolute atomic E-state index is 11.5. The molecule has 2 aromatic rings. The Balaban J connectivity index is 1.95. The van der Waals surface area contributed by atoms with Crippen molar-refractivity contribution >= 4 is 27.3 Å². The van der Waals surface area contributed by atoms with Gasteiger partial charge in [-0.15, -0.1) is 0 Å². The highest BCUT2D eigenvalue weighted by molar-refractivity contribution is 7.89. The van der Waals surface area contributed by atoms with Gasteiger partial charge in [0, 0.05) is 18.8 Å². The Bertz CT molecular complexity index is 776. The van der Waals surface area contributed by atoms with Crippen LogP contribution in [0, 0.1) is 0 Å². The molecule has 0 radical (unpaired) electrons. The molecule has 1 heterocycles. The molecule has 0 saturated carbocycles. The van der Waals surface area contributed by atoms with Crippen LogP contribution in [0.4, 0.5) is 5.69 Å². The second-order valence-electron chi connectivity index (χ2n) is 5.11. The first-order valence-corrected chi connectivity index (χ1v) is 8.51. The zero-order valence-electron chi connectivity index (χ0n) is 11.3. The summed E-state index contributed by atoms with van der Waals surface area (Å²) in [5.74, 6) is 0. The second-order valence-corrected chi connectivity index (χ2v) is 7.05. The van der Waals surface area contributed by atoms with Crippen LogP contribution in [0.25, 0.3) is 0 Å². The maximum Gasteiger partial charge on any atom is 0.239 e. The molecule has 6 heteroatoms. The van der Waals surface area contributed by atoms with Crippen molar-refractivity contribution in [3.63, 3.8) is 0 Å². The third-order valence-electron chi connectivity index (χ3n) is 3.65. The van der Waals surface area contributed by atoms with Gasteiger partial charge in [-0.1, -0.05) is 41.9 Å². The van der Waals surface area contributed by atoms with Crippen molar-refractivity contribution in [2.75, 3.05) is 11.4 Å². The quantitative estimate of drug-likeness (QED) is 0.944. The Labute approximate surface area is 129 Å². The summed E-state index contributed by atoms with van der Waals surface area (Å²) in [6, 6.07) is 13.4. The molecule has 0 aliphatic carbocycles. The summed E-state index contributed by atoms with van der Waals surface area (Å²) in [6.45, 7) is 1.62. The molecule has 110 valence electrons. The average molecular weight is 323 g/mol. The number of hydrogen-bond donors (Lipinski definition) is 1. The number of primary sulfonamides is 1. The van der Waals surface area contributed by atoms with Crippen molar-refractivity contribution in [2.24, 2.45) is 5.14 Å². The lowest BCUT2D eigenvalue weighted by Crippen LogP contribution is -2.19. The van der Waals surface area contributed by atoms with Crippen LogP contribution in [0.15, 0.2) is 47.4 Å². The first-order valence-electron chi connectivity index (χ1n) is 6.59. The molecule has 2 N–H and O–H groups in total. The highest BCUT2D eigenvalue weighted by Gasteiger charge is 2.24. The van der Waals surface area contributed by atoms with Crippen molar-refractivity contribution < 1.29 is 8.42 Å². The van der Waals surface area contributed by atoms with Crippen LogP contribution in [0.5, 0.6) is 0 Å². The standard InChI is InChI=1S/C15H15ClN2O2S/c16-13-9-14-12(8-15(13)21(17,19)20)6-7-18(14)10-11-4-2-1-3-5-11/h1-5,8-9H,6-7,10H2,(H2,17,19,20). The predicted octanol–water partition coefficient (Wildman–Crippen LogP) is 2.55. The Morgan fingerprint density at radius 3 is 2.57 bits per heavy atom.